The van der Waals surface area contributed by atoms with Gasteiger partial charge in [-0.05, 0) is 37.1 Å². The Morgan fingerprint density at radius 3 is 2.58 bits per heavy atom. The Morgan fingerprint density at radius 2 is 2.00 bits per heavy atom. The van der Waals surface area contributed by atoms with E-state index in [1.165, 1.54) is 0 Å². The molecule has 1 unspecified atom stereocenters. The van der Waals surface area contributed by atoms with Crippen LogP contribution in [0.15, 0.2) is 18.2 Å². The zero-order valence-electron chi connectivity index (χ0n) is 11.7. The molecule has 0 aliphatic heterocycles. The molecule has 0 aromatic heterocycles. The van der Waals surface area contributed by atoms with Crippen LogP contribution in [0.1, 0.15) is 23.7 Å². The van der Waals surface area contributed by atoms with Gasteiger partial charge in [0, 0.05) is 12.1 Å². The average Bonchev–Trinajstić information content (AvgIpc) is 2.44. The molecule has 0 saturated carbocycles. The van der Waals surface area contributed by atoms with Gasteiger partial charge < -0.3 is 20.5 Å². The molecule has 1 rings (SSSR count). The third kappa shape index (κ3) is 4.44. The van der Waals surface area contributed by atoms with Crippen molar-refractivity contribution >= 4 is 5.91 Å². The summed E-state index contributed by atoms with van der Waals surface area (Å²) >= 11 is 0. The molecule has 0 heterocycles. The molecule has 0 fully saturated rings. The van der Waals surface area contributed by atoms with Gasteiger partial charge in [0.15, 0.2) is 11.5 Å². The number of amides is 1. The first-order valence-electron chi connectivity index (χ1n) is 6.32. The van der Waals surface area contributed by atoms with E-state index in [-0.39, 0.29) is 5.91 Å². The van der Waals surface area contributed by atoms with Gasteiger partial charge in [0.05, 0.1) is 14.2 Å². The lowest BCUT2D eigenvalue weighted by atomic mass is 10.1. The van der Waals surface area contributed by atoms with Crippen LogP contribution in [-0.4, -0.2) is 33.2 Å². The molecule has 0 spiro atoms. The van der Waals surface area contributed by atoms with Crippen LogP contribution in [0.25, 0.3) is 0 Å². The number of nitrogens with two attached hydrogens (primary N) is 1. The largest absolute Gasteiger partial charge is 0.493 e. The maximum absolute atomic E-state index is 12.0. The number of hydrogen-bond donors (Lipinski definition) is 2. The summed E-state index contributed by atoms with van der Waals surface area (Å²) in [7, 11) is 3.11. The molecule has 106 valence electrons. The van der Waals surface area contributed by atoms with Crippen molar-refractivity contribution in [2.75, 3.05) is 27.3 Å². The molecule has 0 aliphatic rings. The molecule has 19 heavy (non-hydrogen) atoms. The zero-order chi connectivity index (χ0) is 14.3. The second-order valence-electron chi connectivity index (χ2n) is 4.46. The fourth-order valence-corrected chi connectivity index (χ4v) is 1.73. The van der Waals surface area contributed by atoms with Crippen LogP contribution in [0.3, 0.4) is 0 Å². The summed E-state index contributed by atoms with van der Waals surface area (Å²) < 4.78 is 10.3. The van der Waals surface area contributed by atoms with Crippen LogP contribution in [-0.2, 0) is 0 Å². The van der Waals surface area contributed by atoms with Gasteiger partial charge in [-0.2, -0.15) is 0 Å². The molecule has 0 aliphatic carbocycles. The third-order valence-electron chi connectivity index (χ3n) is 2.92. The van der Waals surface area contributed by atoms with Crippen molar-refractivity contribution in [3.8, 4) is 11.5 Å². The highest BCUT2D eigenvalue weighted by atomic mass is 16.5. The van der Waals surface area contributed by atoms with E-state index in [2.05, 4.69) is 12.2 Å². The molecular weight excluding hydrogens is 244 g/mol. The summed E-state index contributed by atoms with van der Waals surface area (Å²) in [6.45, 7) is 3.31. The molecule has 1 aromatic carbocycles. The van der Waals surface area contributed by atoms with Crippen molar-refractivity contribution in [1.29, 1.82) is 0 Å². The lowest BCUT2D eigenvalue weighted by molar-refractivity contribution is 0.0947. The topological polar surface area (TPSA) is 73.6 Å². The van der Waals surface area contributed by atoms with E-state index in [1.807, 2.05) is 0 Å². The van der Waals surface area contributed by atoms with Crippen molar-refractivity contribution in [2.45, 2.75) is 13.3 Å². The molecule has 1 amide bonds. The van der Waals surface area contributed by atoms with Crippen LogP contribution < -0.4 is 20.5 Å². The van der Waals surface area contributed by atoms with Gasteiger partial charge in [-0.3, -0.25) is 4.79 Å². The number of hydrogen-bond acceptors (Lipinski definition) is 4. The molecule has 0 saturated heterocycles. The number of carbonyl (C=O) groups is 1. The lowest BCUT2D eigenvalue weighted by Gasteiger charge is -2.12. The Hall–Kier alpha value is -1.75. The van der Waals surface area contributed by atoms with Crippen LogP contribution in [0.4, 0.5) is 0 Å². The van der Waals surface area contributed by atoms with E-state index in [0.29, 0.717) is 36.1 Å². The van der Waals surface area contributed by atoms with Gasteiger partial charge in [0.1, 0.15) is 0 Å². The smallest absolute Gasteiger partial charge is 0.251 e. The van der Waals surface area contributed by atoms with Gasteiger partial charge in [-0.25, -0.2) is 0 Å². The first-order chi connectivity index (χ1) is 9.12. The second-order valence-corrected chi connectivity index (χ2v) is 4.46. The molecule has 3 N–H and O–H groups in total. The van der Waals surface area contributed by atoms with E-state index in [4.69, 9.17) is 15.2 Å². The highest BCUT2D eigenvalue weighted by Gasteiger charge is 2.11. The summed E-state index contributed by atoms with van der Waals surface area (Å²) in [5, 5.41) is 2.88. The standard InChI is InChI=1S/C14H22N2O3/c1-10(6-7-15)9-16-14(17)11-4-5-12(18-2)13(8-11)19-3/h4-5,8,10H,6-7,9,15H2,1-3H3,(H,16,17). The normalized spacial score (nSPS) is 11.8. The lowest BCUT2D eigenvalue weighted by Crippen LogP contribution is -2.29. The summed E-state index contributed by atoms with van der Waals surface area (Å²) in [4.78, 5) is 12.0. The number of benzene rings is 1. The number of ether oxygens (including phenoxy) is 2. The predicted molar refractivity (Wildman–Crippen MR) is 74.7 cm³/mol. The Kier molecular flexibility index (Phi) is 6.15. The monoisotopic (exact) mass is 266 g/mol. The van der Waals surface area contributed by atoms with E-state index in [1.54, 1.807) is 32.4 Å². The van der Waals surface area contributed by atoms with E-state index >= 15 is 0 Å². The Morgan fingerprint density at radius 1 is 1.32 bits per heavy atom. The SMILES string of the molecule is COc1ccc(C(=O)NCC(C)CCN)cc1OC. The minimum atomic E-state index is -0.121. The van der Waals surface area contributed by atoms with Gasteiger partial charge in [-0.15, -0.1) is 0 Å². The van der Waals surface area contributed by atoms with Crippen molar-refractivity contribution in [1.82, 2.24) is 5.32 Å². The molecule has 1 aromatic rings. The maximum Gasteiger partial charge on any atom is 0.251 e. The highest BCUT2D eigenvalue weighted by Crippen LogP contribution is 2.27. The Labute approximate surface area is 114 Å². The third-order valence-corrected chi connectivity index (χ3v) is 2.92. The molecule has 0 bridgehead atoms. The molecule has 5 nitrogen and oxygen atoms in total. The van der Waals surface area contributed by atoms with E-state index < -0.39 is 0 Å². The summed E-state index contributed by atoms with van der Waals surface area (Å²) in [6.07, 6.45) is 0.895. The number of nitrogens with one attached hydrogen (secondary N) is 1. The zero-order valence-corrected chi connectivity index (χ0v) is 11.7. The van der Waals surface area contributed by atoms with E-state index in [9.17, 15) is 4.79 Å². The van der Waals surface area contributed by atoms with Crippen molar-refractivity contribution in [2.24, 2.45) is 11.7 Å². The van der Waals surface area contributed by atoms with Crippen LogP contribution >= 0.6 is 0 Å². The first-order valence-corrected chi connectivity index (χ1v) is 6.32. The quantitative estimate of drug-likeness (QED) is 0.782. The first kappa shape index (κ1) is 15.3. The summed E-state index contributed by atoms with van der Waals surface area (Å²) in [6, 6.07) is 5.10. The van der Waals surface area contributed by atoms with Crippen molar-refractivity contribution in [3.63, 3.8) is 0 Å². The minimum Gasteiger partial charge on any atom is -0.493 e. The van der Waals surface area contributed by atoms with Gasteiger partial charge in [-0.1, -0.05) is 6.92 Å². The fraction of sp³-hybridized carbons (Fsp3) is 0.500. The van der Waals surface area contributed by atoms with Gasteiger partial charge in [0.25, 0.3) is 5.91 Å². The van der Waals surface area contributed by atoms with Crippen LogP contribution in [0.5, 0.6) is 11.5 Å². The molecule has 1 atom stereocenters. The number of carbonyl (C=O) groups excluding carboxylic acids is 1. The summed E-state index contributed by atoms with van der Waals surface area (Å²) in [5.74, 6) is 1.40. The predicted octanol–water partition coefficient (Wildman–Crippen LogP) is 1.42. The minimum absolute atomic E-state index is 0.121. The van der Waals surface area contributed by atoms with Crippen LogP contribution in [0, 0.1) is 5.92 Å². The highest BCUT2D eigenvalue weighted by molar-refractivity contribution is 5.94. The van der Waals surface area contributed by atoms with Gasteiger partial charge >= 0.3 is 0 Å². The molecule has 0 radical (unpaired) electrons. The summed E-state index contributed by atoms with van der Waals surface area (Å²) in [5.41, 5.74) is 6.03. The second kappa shape index (κ2) is 7.63. The molecular formula is C14H22N2O3. The fourth-order valence-electron chi connectivity index (χ4n) is 1.73. The van der Waals surface area contributed by atoms with Crippen molar-refractivity contribution in [3.05, 3.63) is 23.8 Å². The van der Waals surface area contributed by atoms with E-state index in [0.717, 1.165) is 6.42 Å². The molecule has 5 heteroatoms. The van der Waals surface area contributed by atoms with Crippen LogP contribution in [0.2, 0.25) is 0 Å². The maximum atomic E-state index is 12.0. The van der Waals surface area contributed by atoms with Gasteiger partial charge in [0.2, 0.25) is 0 Å². The van der Waals surface area contributed by atoms with Crippen molar-refractivity contribution < 1.29 is 14.3 Å². The average molecular weight is 266 g/mol. The Balaban J connectivity index is 2.67. The Bertz CT molecular complexity index is 421. The number of rotatable bonds is 7. The number of methoxy groups -OCH3 is 2.